The van der Waals surface area contributed by atoms with Gasteiger partial charge in [0.05, 0.1) is 6.17 Å². The average Bonchev–Trinajstić information content (AvgIpc) is 3.41. The van der Waals surface area contributed by atoms with Crippen LogP contribution in [0.4, 0.5) is 11.5 Å². The lowest BCUT2D eigenvalue weighted by molar-refractivity contribution is 0.522. The largest absolute Gasteiger partial charge is 0.340 e. The van der Waals surface area contributed by atoms with Crippen LogP contribution in [0.2, 0.25) is 5.02 Å². The maximum atomic E-state index is 6.17. The van der Waals surface area contributed by atoms with Crippen LogP contribution in [0, 0.1) is 0 Å². The van der Waals surface area contributed by atoms with Crippen LogP contribution in [0.15, 0.2) is 48.5 Å². The van der Waals surface area contributed by atoms with Gasteiger partial charge in [0.2, 0.25) is 0 Å². The molecular weight excluding hydrogens is 386 g/mol. The van der Waals surface area contributed by atoms with E-state index in [1.54, 1.807) is 0 Å². The molecule has 3 aromatic rings. The quantitative estimate of drug-likeness (QED) is 0.444. The van der Waals surface area contributed by atoms with E-state index >= 15 is 0 Å². The SMILES string of the molecule is Clc1cccc(-c2nc3c(c(Nc4ccc(CC5NNNN5)cc4)n2)CCC3)c1. The van der Waals surface area contributed by atoms with Gasteiger partial charge in [-0.3, -0.25) is 0 Å². The van der Waals surface area contributed by atoms with Crippen molar-refractivity contribution in [2.75, 3.05) is 5.32 Å². The molecule has 2 aromatic carbocycles. The summed E-state index contributed by atoms with van der Waals surface area (Å²) in [5.74, 6) is 1.61. The Hall–Kier alpha value is -2.55. The molecular formula is C21H22ClN7. The number of halogens is 1. The molecule has 1 fully saturated rings. The molecule has 5 N–H and O–H groups in total. The molecule has 0 bridgehead atoms. The molecule has 0 amide bonds. The average molecular weight is 408 g/mol. The van der Waals surface area contributed by atoms with Gasteiger partial charge in [-0.1, -0.05) is 35.9 Å². The Morgan fingerprint density at radius 3 is 2.62 bits per heavy atom. The summed E-state index contributed by atoms with van der Waals surface area (Å²) in [4.78, 5) is 9.64. The molecule has 1 saturated heterocycles. The van der Waals surface area contributed by atoms with Crippen molar-refractivity contribution in [2.24, 2.45) is 0 Å². The fourth-order valence-electron chi connectivity index (χ4n) is 3.77. The maximum absolute atomic E-state index is 6.17. The number of nitrogens with zero attached hydrogens (tertiary/aromatic N) is 2. The van der Waals surface area contributed by atoms with Gasteiger partial charge in [0, 0.05) is 34.0 Å². The first-order chi connectivity index (χ1) is 14.2. The Labute approximate surface area is 174 Å². The molecule has 8 heteroatoms. The van der Waals surface area contributed by atoms with E-state index in [0.29, 0.717) is 10.8 Å². The number of hydrazine groups is 3. The molecule has 5 rings (SSSR count). The lowest BCUT2D eigenvalue weighted by atomic mass is 10.1. The first-order valence-electron chi connectivity index (χ1n) is 9.77. The number of aromatic nitrogens is 2. The highest BCUT2D eigenvalue weighted by Gasteiger charge is 2.20. The molecule has 2 heterocycles. The fourth-order valence-corrected chi connectivity index (χ4v) is 3.96. The monoisotopic (exact) mass is 407 g/mol. The molecule has 7 nitrogen and oxygen atoms in total. The summed E-state index contributed by atoms with van der Waals surface area (Å²) in [5.41, 5.74) is 17.4. The molecule has 1 aliphatic heterocycles. The van der Waals surface area contributed by atoms with E-state index in [2.05, 4.69) is 51.5 Å². The lowest BCUT2D eigenvalue weighted by Crippen LogP contribution is -2.35. The van der Waals surface area contributed by atoms with Crippen LogP contribution in [0.5, 0.6) is 0 Å². The summed E-state index contributed by atoms with van der Waals surface area (Å²) < 4.78 is 0. The minimum Gasteiger partial charge on any atom is -0.340 e. The minimum absolute atomic E-state index is 0.152. The Bertz CT molecular complexity index is 1020. The van der Waals surface area contributed by atoms with Crippen molar-refractivity contribution in [3.8, 4) is 11.4 Å². The van der Waals surface area contributed by atoms with Crippen molar-refractivity contribution in [1.82, 2.24) is 31.9 Å². The summed E-state index contributed by atoms with van der Waals surface area (Å²) >= 11 is 6.17. The van der Waals surface area contributed by atoms with E-state index in [-0.39, 0.29) is 6.17 Å². The second-order valence-electron chi connectivity index (χ2n) is 7.30. The number of aryl methyl sites for hydroxylation is 1. The molecule has 0 unspecified atom stereocenters. The smallest absolute Gasteiger partial charge is 0.161 e. The van der Waals surface area contributed by atoms with Gasteiger partial charge in [-0.25, -0.2) is 20.8 Å². The molecule has 29 heavy (non-hydrogen) atoms. The normalized spacial score (nSPS) is 16.2. The first kappa shape index (κ1) is 18.5. The summed E-state index contributed by atoms with van der Waals surface area (Å²) in [5, 5.41) is 4.20. The number of hydrogen-bond acceptors (Lipinski definition) is 7. The molecule has 1 aliphatic carbocycles. The zero-order chi connectivity index (χ0) is 19.6. The number of rotatable bonds is 5. The third-order valence-electron chi connectivity index (χ3n) is 5.23. The molecule has 148 valence electrons. The summed E-state index contributed by atoms with van der Waals surface area (Å²) in [7, 11) is 0. The van der Waals surface area contributed by atoms with Gasteiger partial charge in [0.1, 0.15) is 5.82 Å². The second kappa shape index (κ2) is 8.06. The highest BCUT2D eigenvalue weighted by molar-refractivity contribution is 6.30. The third kappa shape index (κ3) is 4.10. The van der Waals surface area contributed by atoms with Gasteiger partial charge in [0.25, 0.3) is 0 Å². The van der Waals surface area contributed by atoms with Gasteiger partial charge in [0.15, 0.2) is 5.82 Å². The van der Waals surface area contributed by atoms with Gasteiger partial charge in [-0.2, -0.15) is 11.1 Å². The maximum Gasteiger partial charge on any atom is 0.161 e. The molecule has 2 aliphatic rings. The van der Waals surface area contributed by atoms with Crippen LogP contribution < -0.4 is 27.2 Å². The Kier molecular flexibility index (Phi) is 5.13. The van der Waals surface area contributed by atoms with Crippen LogP contribution in [0.1, 0.15) is 23.2 Å². The zero-order valence-electron chi connectivity index (χ0n) is 15.8. The Balaban J connectivity index is 1.40. The second-order valence-corrected chi connectivity index (χ2v) is 7.74. The van der Waals surface area contributed by atoms with E-state index < -0.39 is 0 Å². The Morgan fingerprint density at radius 2 is 1.83 bits per heavy atom. The predicted molar refractivity (Wildman–Crippen MR) is 114 cm³/mol. The van der Waals surface area contributed by atoms with E-state index in [9.17, 15) is 0 Å². The van der Waals surface area contributed by atoms with Crippen molar-refractivity contribution in [1.29, 1.82) is 0 Å². The molecule has 1 aromatic heterocycles. The van der Waals surface area contributed by atoms with Crippen LogP contribution in [0.3, 0.4) is 0 Å². The summed E-state index contributed by atoms with van der Waals surface area (Å²) in [6.45, 7) is 0. The highest BCUT2D eigenvalue weighted by atomic mass is 35.5. The van der Waals surface area contributed by atoms with Crippen molar-refractivity contribution in [2.45, 2.75) is 31.8 Å². The third-order valence-corrected chi connectivity index (χ3v) is 5.46. The minimum atomic E-state index is 0.152. The first-order valence-corrected chi connectivity index (χ1v) is 10.2. The molecule has 0 atom stereocenters. The standard InChI is InChI=1S/C21H22ClN7/c22-15-4-1-3-14(12-15)20-24-18-6-2-5-17(18)21(25-20)23-16-9-7-13(8-10-16)11-19-26-28-29-27-19/h1,3-4,7-10,12,19,26-29H,2,5-6,11H2,(H,23,24,25). The fraction of sp³-hybridized carbons (Fsp3) is 0.238. The lowest BCUT2D eigenvalue weighted by Gasteiger charge is -2.14. The summed E-state index contributed by atoms with van der Waals surface area (Å²) in [6.07, 6.45) is 4.12. The van der Waals surface area contributed by atoms with Crippen molar-refractivity contribution >= 4 is 23.1 Å². The molecule has 0 spiro atoms. The predicted octanol–water partition coefficient (Wildman–Crippen LogP) is 3.01. The van der Waals surface area contributed by atoms with E-state index in [1.165, 1.54) is 11.1 Å². The molecule has 0 radical (unpaired) electrons. The highest BCUT2D eigenvalue weighted by Crippen LogP contribution is 2.31. The van der Waals surface area contributed by atoms with Crippen LogP contribution in [-0.4, -0.2) is 16.1 Å². The van der Waals surface area contributed by atoms with Crippen LogP contribution in [0.25, 0.3) is 11.4 Å². The van der Waals surface area contributed by atoms with Crippen LogP contribution in [-0.2, 0) is 19.3 Å². The summed E-state index contributed by atoms with van der Waals surface area (Å²) in [6, 6.07) is 16.1. The van der Waals surface area contributed by atoms with E-state index in [1.807, 2.05) is 24.3 Å². The van der Waals surface area contributed by atoms with Crippen molar-refractivity contribution in [3.05, 3.63) is 70.4 Å². The van der Waals surface area contributed by atoms with Gasteiger partial charge >= 0.3 is 0 Å². The van der Waals surface area contributed by atoms with Gasteiger partial charge in [-0.15, -0.1) is 0 Å². The Morgan fingerprint density at radius 1 is 1.00 bits per heavy atom. The van der Waals surface area contributed by atoms with E-state index in [0.717, 1.165) is 48.4 Å². The number of benzene rings is 2. The molecule has 0 saturated carbocycles. The number of fused-ring (bicyclic) bond motifs is 1. The van der Waals surface area contributed by atoms with Gasteiger partial charge in [-0.05, 0) is 49.1 Å². The van der Waals surface area contributed by atoms with E-state index in [4.69, 9.17) is 21.6 Å². The van der Waals surface area contributed by atoms with Crippen LogP contribution >= 0.6 is 11.6 Å². The zero-order valence-corrected chi connectivity index (χ0v) is 16.6. The van der Waals surface area contributed by atoms with Crippen molar-refractivity contribution < 1.29 is 0 Å². The number of hydrogen-bond donors (Lipinski definition) is 5. The van der Waals surface area contributed by atoms with Gasteiger partial charge < -0.3 is 5.32 Å². The van der Waals surface area contributed by atoms with Crippen molar-refractivity contribution in [3.63, 3.8) is 0 Å². The number of nitrogens with one attached hydrogen (secondary N) is 5. The number of anilines is 2. The topological polar surface area (TPSA) is 85.9 Å².